The van der Waals surface area contributed by atoms with Crippen LogP contribution in [0.4, 0.5) is 30.9 Å². The van der Waals surface area contributed by atoms with E-state index in [1.54, 1.807) is 24.3 Å². The van der Waals surface area contributed by atoms with E-state index in [-0.39, 0.29) is 0 Å². The number of hydrogen-bond donors (Lipinski definition) is 0. The van der Waals surface area contributed by atoms with Gasteiger partial charge in [0.05, 0.1) is 6.61 Å². The van der Waals surface area contributed by atoms with Crippen LogP contribution in [0.3, 0.4) is 0 Å². The van der Waals surface area contributed by atoms with Crippen molar-refractivity contribution >= 4 is 13.5 Å². The number of diazo groups is 1. The predicted molar refractivity (Wildman–Crippen MR) is 55.9 cm³/mol. The number of rotatable bonds is 2. The summed E-state index contributed by atoms with van der Waals surface area (Å²) in [5.74, 6) is 0.792. The summed E-state index contributed by atoms with van der Waals surface area (Å²) in [5.41, 5.74) is 0.536. The molecule has 3 nitrogen and oxygen atoms in total. The van der Waals surface area contributed by atoms with Gasteiger partial charge in [-0.25, -0.2) is 0 Å². The molecule has 18 heavy (non-hydrogen) atoms. The maximum atomic E-state index is 9.87. The molecule has 0 saturated heterocycles. The van der Waals surface area contributed by atoms with E-state index in [0.717, 1.165) is 5.75 Å². The van der Waals surface area contributed by atoms with Gasteiger partial charge < -0.3 is 4.74 Å². The predicted octanol–water partition coefficient (Wildman–Crippen LogP) is 5.95. The number of benzene rings is 1. The Morgan fingerprint density at radius 3 is 1.72 bits per heavy atom. The molecule has 0 N–H and O–H groups in total. The van der Waals surface area contributed by atoms with Crippen molar-refractivity contribution in [2.24, 2.45) is 0 Å². The van der Waals surface area contributed by atoms with Crippen LogP contribution in [-0.2, 0) is 0 Å². The maximum absolute atomic E-state index is 10.7. The van der Waals surface area contributed by atoms with Gasteiger partial charge >= 0.3 is 38.7 Å². The van der Waals surface area contributed by atoms with Crippen LogP contribution in [0.5, 0.6) is 5.75 Å². The van der Waals surface area contributed by atoms with E-state index in [0.29, 0.717) is 12.3 Å². The Labute approximate surface area is 98.2 Å². The van der Waals surface area contributed by atoms with Gasteiger partial charge in [0.2, 0.25) is 5.39 Å². The van der Waals surface area contributed by atoms with Crippen LogP contribution in [0.15, 0.2) is 24.3 Å². The molecule has 0 aliphatic heterocycles. The van der Waals surface area contributed by atoms with Gasteiger partial charge in [-0.15, -0.1) is 0 Å². The Morgan fingerprint density at radius 1 is 1.06 bits per heavy atom. The first kappa shape index (κ1) is 16.4. The fourth-order valence-electron chi connectivity index (χ4n) is 0.776. The topological polar surface area (TPSA) is 37.4 Å². The average Bonchev–Trinajstić information content (AvgIpc) is 2.15. The molecule has 0 heterocycles. The molecule has 10 heteroatoms. The van der Waals surface area contributed by atoms with Gasteiger partial charge in [-0.2, -0.15) is 0 Å². The number of ether oxygens (including phenoxy) is 1. The van der Waals surface area contributed by atoms with Gasteiger partial charge in [0.15, 0.2) is 4.98 Å². The Morgan fingerprint density at radius 2 is 1.44 bits per heavy atom. The quantitative estimate of drug-likeness (QED) is 0.384. The van der Waals surface area contributed by atoms with E-state index < -0.39 is 7.81 Å². The van der Waals surface area contributed by atoms with Crippen LogP contribution in [-0.4, -0.2) is 6.61 Å². The van der Waals surface area contributed by atoms with Gasteiger partial charge in [0, 0.05) is 12.1 Å². The molecule has 0 fully saturated rings. The molecule has 0 bridgehead atoms. The number of halogens is 6. The summed E-state index contributed by atoms with van der Waals surface area (Å²) >= 11 is 0. The fourth-order valence-corrected chi connectivity index (χ4v) is 0.776. The molecule has 0 aromatic heterocycles. The van der Waals surface area contributed by atoms with Crippen LogP contribution in [0.2, 0.25) is 0 Å². The van der Waals surface area contributed by atoms with E-state index >= 15 is 0 Å². The van der Waals surface area contributed by atoms with Crippen LogP contribution in [0, 0.1) is 5.39 Å². The third-order valence-electron chi connectivity index (χ3n) is 1.26. The van der Waals surface area contributed by atoms with E-state index in [9.17, 15) is 25.2 Å². The van der Waals surface area contributed by atoms with E-state index in [4.69, 9.17) is 10.1 Å². The fraction of sp³-hybridized carbons (Fsp3) is 0.250. The van der Waals surface area contributed by atoms with Crippen molar-refractivity contribution in [1.82, 2.24) is 0 Å². The summed E-state index contributed by atoms with van der Waals surface area (Å²) in [6.45, 7) is 2.57. The summed E-state index contributed by atoms with van der Waals surface area (Å²) < 4.78 is 64.4. The molecular formula is C8H9F6N2OP. The van der Waals surface area contributed by atoms with Crippen molar-refractivity contribution in [3.8, 4) is 5.75 Å². The van der Waals surface area contributed by atoms with Crippen molar-refractivity contribution < 1.29 is 29.9 Å². The van der Waals surface area contributed by atoms with E-state index in [1.165, 1.54) is 0 Å². The molecule has 0 aliphatic rings. The van der Waals surface area contributed by atoms with Crippen LogP contribution >= 0.6 is 7.81 Å². The third-order valence-corrected chi connectivity index (χ3v) is 1.26. The van der Waals surface area contributed by atoms with Gasteiger partial charge in [-0.05, 0) is 19.1 Å². The van der Waals surface area contributed by atoms with Crippen LogP contribution in [0.25, 0.3) is 4.98 Å². The zero-order valence-corrected chi connectivity index (χ0v) is 9.93. The molecule has 1 aromatic rings. The van der Waals surface area contributed by atoms with Crippen LogP contribution in [0.1, 0.15) is 6.92 Å². The third kappa shape index (κ3) is 14.5. The second-order valence-electron chi connectivity index (χ2n) is 2.99. The second-order valence-corrected chi connectivity index (χ2v) is 4.90. The summed E-state index contributed by atoms with van der Waals surface area (Å²) in [6, 6.07) is 6.90. The monoisotopic (exact) mass is 294 g/mol. The summed E-state index contributed by atoms with van der Waals surface area (Å²) in [4.78, 5) is 3.02. The molecule has 1 rings (SSSR count). The molecule has 0 unspecified atom stereocenters. The number of hydrogen-bond acceptors (Lipinski definition) is 2. The minimum absolute atomic E-state index is 0.536. The normalized spacial score (nSPS) is 14.3. The Balaban J connectivity index is 0.000000360. The molecule has 0 saturated carbocycles. The molecule has 0 aliphatic carbocycles. The summed E-state index contributed by atoms with van der Waals surface area (Å²) in [6.07, 6.45) is 0. The van der Waals surface area contributed by atoms with Crippen molar-refractivity contribution in [1.29, 1.82) is 5.39 Å². The van der Waals surface area contributed by atoms with E-state index in [1.807, 2.05) is 6.92 Å². The van der Waals surface area contributed by atoms with Gasteiger partial charge in [-0.1, -0.05) is 0 Å². The van der Waals surface area contributed by atoms with Crippen molar-refractivity contribution in [3.05, 3.63) is 29.2 Å². The van der Waals surface area contributed by atoms with Crippen molar-refractivity contribution in [3.63, 3.8) is 0 Å². The standard InChI is InChI=1S/C8H9N2O.F6P/c1-2-11-8-5-3-7(10-9)4-6-8;1-7(2,3,4,5)6/h3-6H,2H2,1H3;/q+1;-1. The van der Waals surface area contributed by atoms with Gasteiger partial charge in [0.1, 0.15) is 5.75 Å². The average molecular weight is 294 g/mol. The Kier molecular flexibility index (Phi) is 4.21. The minimum atomic E-state index is -10.7. The first-order valence-corrected chi connectivity index (χ1v) is 6.49. The zero-order valence-electron chi connectivity index (χ0n) is 9.03. The molecule has 0 amide bonds. The SMILES string of the molecule is CCOc1ccc([N+]#N)cc1.F[P-](F)(F)(F)(F)F. The summed E-state index contributed by atoms with van der Waals surface area (Å²) in [7, 11) is -10.7. The van der Waals surface area contributed by atoms with Gasteiger partial charge in [-0.3, -0.25) is 0 Å². The summed E-state index contributed by atoms with van der Waals surface area (Å²) in [5, 5.41) is 8.34. The molecular weight excluding hydrogens is 285 g/mol. The molecule has 0 spiro atoms. The van der Waals surface area contributed by atoms with Crippen molar-refractivity contribution in [2.75, 3.05) is 6.61 Å². The number of nitrogens with zero attached hydrogens (tertiary/aromatic N) is 2. The Hall–Kier alpha value is -1.55. The second kappa shape index (κ2) is 4.61. The molecule has 0 atom stereocenters. The zero-order chi connectivity index (χ0) is 14.5. The van der Waals surface area contributed by atoms with Crippen molar-refractivity contribution in [2.45, 2.75) is 6.92 Å². The van der Waals surface area contributed by atoms with Gasteiger partial charge in [0.25, 0.3) is 0 Å². The van der Waals surface area contributed by atoms with Crippen LogP contribution < -0.4 is 4.74 Å². The molecule has 0 radical (unpaired) electrons. The molecule has 104 valence electrons. The van der Waals surface area contributed by atoms with E-state index in [2.05, 4.69) is 4.98 Å². The first-order valence-electron chi connectivity index (χ1n) is 4.46. The Bertz CT molecular complexity index is 423. The molecule has 1 aromatic carbocycles. The first-order chi connectivity index (χ1) is 7.81.